The van der Waals surface area contributed by atoms with E-state index >= 15 is 0 Å². The summed E-state index contributed by atoms with van der Waals surface area (Å²) >= 11 is 0. The number of aromatic nitrogens is 1. The Kier molecular flexibility index (Phi) is 2.33. The molecule has 0 saturated carbocycles. The minimum absolute atomic E-state index is 0.232. The molecule has 18 heavy (non-hydrogen) atoms. The Hall–Kier alpha value is -1.97. The Morgan fingerprint density at radius 1 is 1.39 bits per heavy atom. The van der Waals surface area contributed by atoms with Crippen molar-refractivity contribution in [2.45, 2.75) is 32.6 Å². The number of hydrogen-bond donors (Lipinski definition) is 2. The number of carbonyl (C=O) groups is 1. The van der Waals surface area contributed by atoms with Crippen molar-refractivity contribution in [3.63, 3.8) is 0 Å². The summed E-state index contributed by atoms with van der Waals surface area (Å²) in [6, 6.07) is 3.76. The summed E-state index contributed by atoms with van der Waals surface area (Å²) in [6.45, 7) is 4.18. The maximum absolute atomic E-state index is 11.0. The van der Waals surface area contributed by atoms with Crippen molar-refractivity contribution in [1.29, 1.82) is 0 Å². The Balaban J connectivity index is 2.12. The van der Waals surface area contributed by atoms with Crippen molar-refractivity contribution in [2.24, 2.45) is 0 Å². The molecule has 2 N–H and O–H groups in total. The van der Waals surface area contributed by atoms with Gasteiger partial charge >= 0.3 is 5.97 Å². The molecule has 94 valence electrons. The van der Waals surface area contributed by atoms with Crippen LogP contribution in [0.15, 0.2) is 16.5 Å². The average Bonchev–Trinajstić information content (AvgIpc) is 2.91. The first-order valence-corrected chi connectivity index (χ1v) is 6.14. The maximum atomic E-state index is 11.0. The van der Waals surface area contributed by atoms with Gasteiger partial charge in [0.05, 0.1) is 0 Å². The number of aromatic carboxylic acids is 1. The number of hydrogen-bond acceptors (Lipinski definition) is 2. The van der Waals surface area contributed by atoms with E-state index in [-0.39, 0.29) is 5.69 Å². The summed E-state index contributed by atoms with van der Waals surface area (Å²) in [5.74, 6) is 1.22. The molecular weight excluding hydrogens is 230 g/mol. The normalized spacial score (nSPS) is 13.5. The Bertz CT molecular complexity index is 619. The van der Waals surface area contributed by atoms with E-state index in [1.807, 2.05) is 0 Å². The van der Waals surface area contributed by atoms with Gasteiger partial charge in [-0.15, -0.1) is 0 Å². The van der Waals surface area contributed by atoms with E-state index < -0.39 is 5.97 Å². The van der Waals surface area contributed by atoms with Crippen LogP contribution >= 0.6 is 0 Å². The SMILES string of the molecule is CC(C)c1cc2c(o1)-c1cc(C(=O)O)[nH]c1CC2. The summed E-state index contributed by atoms with van der Waals surface area (Å²) in [5.41, 5.74) is 3.28. The monoisotopic (exact) mass is 245 g/mol. The summed E-state index contributed by atoms with van der Waals surface area (Å²) in [6.07, 6.45) is 1.74. The van der Waals surface area contributed by atoms with Crippen molar-refractivity contribution >= 4 is 5.97 Å². The molecule has 1 aliphatic carbocycles. The first kappa shape index (κ1) is 11.1. The van der Waals surface area contributed by atoms with E-state index in [1.165, 1.54) is 5.56 Å². The van der Waals surface area contributed by atoms with Crippen molar-refractivity contribution in [2.75, 3.05) is 0 Å². The third-order valence-electron chi connectivity index (χ3n) is 3.42. The number of aryl methyl sites for hydroxylation is 2. The molecule has 2 aromatic heterocycles. The summed E-state index contributed by atoms with van der Waals surface area (Å²) in [4.78, 5) is 13.9. The Labute approximate surface area is 105 Å². The zero-order chi connectivity index (χ0) is 12.9. The van der Waals surface area contributed by atoms with Crippen LogP contribution in [0.3, 0.4) is 0 Å². The van der Waals surface area contributed by atoms with Gasteiger partial charge in [-0.05, 0) is 30.5 Å². The number of fused-ring (bicyclic) bond motifs is 3. The molecule has 4 nitrogen and oxygen atoms in total. The van der Waals surface area contributed by atoms with Gasteiger partial charge in [-0.1, -0.05) is 13.8 Å². The fraction of sp³-hybridized carbons (Fsp3) is 0.357. The van der Waals surface area contributed by atoms with Gasteiger partial charge in [-0.2, -0.15) is 0 Å². The molecule has 0 radical (unpaired) electrons. The smallest absolute Gasteiger partial charge is 0.352 e. The first-order chi connectivity index (χ1) is 8.56. The van der Waals surface area contributed by atoms with Gasteiger partial charge in [0.2, 0.25) is 0 Å². The predicted octanol–water partition coefficient (Wildman–Crippen LogP) is 3.19. The molecule has 0 aromatic carbocycles. The van der Waals surface area contributed by atoms with Crippen LogP contribution in [0.1, 0.15) is 47.3 Å². The Morgan fingerprint density at radius 2 is 2.17 bits per heavy atom. The highest BCUT2D eigenvalue weighted by atomic mass is 16.4. The zero-order valence-electron chi connectivity index (χ0n) is 10.4. The topological polar surface area (TPSA) is 66.2 Å². The minimum atomic E-state index is -0.929. The zero-order valence-corrected chi connectivity index (χ0v) is 10.4. The van der Waals surface area contributed by atoms with Crippen LogP contribution in [0, 0.1) is 0 Å². The number of H-pyrrole nitrogens is 1. The molecule has 0 atom stereocenters. The van der Waals surface area contributed by atoms with Gasteiger partial charge in [0.25, 0.3) is 0 Å². The fourth-order valence-corrected chi connectivity index (χ4v) is 2.42. The highest BCUT2D eigenvalue weighted by Gasteiger charge is 2.25. The fourth-order valence-electron chi connectivity index (χ4n) is 2.42. The van der Waals surface area contributed by atoms with Crippen LogP contribution in [-0.4, -0.2) is 16.1 Å². The van der Waals surface area contributed by atoms with Crippen molar-refractivity contribution in [3.8, 4) is 11.3 Å². The van der Waals surface area contributed by atoms with Gasteiger partial charge in [0.15, 0.2) is 0 Å². The molecule has 0 spiro atoms. The number of carboxylic acid groups (broad SMARTS) is 1. The van der Waals surface area contributed by atoms with Crippen LogP contribution in [0.5, 0.6) is 0 Å². The molecule has 3 rings (SSSR count). The third kappa shape index (κ3) is 1.56. The third-order valence-corrected chi connectivity index (χ3v) is 3.42. The standard InChI is InChI=1S/C14H15NO3/c1-7(2)12-5-8-3-4-10-9(13(8)18-12)6-11(15-10)14(16)17/h5-7,15H,3-4H2,1-2H3,(H,16,17). The van der Waals surface area contributed by atoms with E-state index in [0.717, 1.165) is 35.6 Å². The minimum Gasteiger partial charge on any atom is -0.477 e. The van der Waals surface area contributed by atoms with Crippen molar-refractivity contribution in [3.05, 3.63) is 34.8 Å². The molecule has 2 aromatic rings. The van der Waals surface area contributed by atoms with E-state index in [2.05, 4.69) is 24.9 Å². The number of nitrogens with one attached hydrogen (secondary N) is 1. The van der Waals surface area contributed by atoms with Gasteiger partial charge < -0.3 is 14.5 Å². The molecule has 0 aliphatic heterocycles. The first-order valence-electron chi connectivity index (χ1n) is 6.14. The van der Waals surface area contributed by atoms with Crippen LogP contribution in [0.2, 0.25) is 0 Å². The highest BCUT2D eigenvalue weighted by Crippen LogP contribution is 2.37. The lowest BCUT2D eigenvalue weighted by atomic mass is 9.96. The van der Waals surface area contributed by atoms with Gasteiger partial charge in [0.1, 0.15) is 17.2 Å². The lowest BCUT2D eigenvalue weighted by Gasteiger charge is -2.09. The van der Waals surface area contributed by atoms with Crippen LogP contribution in [-0.2, 0) is 12.8 Å². The van der Waals surface area contributed by atoms with Crippen LogP contribution < -0.4 is 0 Å². The molecule has 1 aliphatic rings. The number of carboxylic acids is 1. The van der Waals surface area contributed by atoms with Crippen LogP contribution in [0.4, 0.5) is 0 Å². The van der Waals surface area contributed by atoms with Crippen LogP contribution in [0.25, 0.3) is 11.3 Å². The molecular formula is C14H15NO3. The second-order valence-corrected chi connectivity index (χ2v) is 5.04. The molecule has 0 fully saturated rings. The van der Waals surface area contributed by atoms with E-state index in [0.29, 0.717) is 5.92 Å². The molecule has 2 heterocycles. The second kappa shape index (κ2) is 3.77. The summed E-state index contributed by atoms with van der Waals surface area (Å²) in [7, 11) is 0. The second-order valence-electron chi connectivity index (χ2n) is 5.04. The predicted molar refractivity (Wildman–Crippen MR) is 67.0 cm³/mol. The summed E-state index contributed by atoms with van der Waals surface area (Å²) < 4.78 is 5.87. The quantitative estimate of drug-likeness (QED) is 0.853. The van der Waals surface area contributed by atoms with E-state index in [1.54, 1.807) is 6.07 Å². The number of rotatable bonds is 2. The van der Waals surface area contributed by atoms with E-state index in [4.69, 9.17) is 9.52 Å². The van der Waals surface area contributed by atoms with Gasteiger partial charge in [0, 0.05) is 17.2 Å². The highest BCUT2D eigenvalue weighted by molar-refractivity contribution is 5.88. The average molecular weight is 245 g/mol. The maximum Gasteiger partial charge on any atom is 0.352 e. The number of furan rings is 1. The van der Waals surface area contributed by atoms with Gasteiger partial charge in [-0.25, -0.2) is 4.79 Å². The van der Waals surface area contributed by atoms with Gasteiger partial charge in [-0.3, -0.25) is 0 Å². The van der Waals surface area contributed by atoms with Crippen molar-refractivity contribution in [1.82, 2.24) is 4.98 Å². The van der Waals surface area contributed by atoms with Crippen molar-refractivity contribution < 1.29 is 14.3 Å². The number of aromatic amines is 1. The Morgan fingerprint density at radius 3 is 2.83 bits per heavy atom. The molecule has 0 amide bonds. The lowest BCUT2D eigenvalue weighted by Crippen LogP contribution is -2.00. The summed E-state index contributed by atoms with van der Waals surface area (Å²) in [5, 5.41) is 9.01. The molecule has 0 unspecified atom stereocenters. The molecule has 0 saturated heterocycles. The molecule has 4 heteroatoms. The molecule has 0 bridgehead atoms. The largest absolute Gasteiger partial charge is 0.477 e. The lowest BCUT2D eigenvalue weighted by molar-refractivity contribution is 0.0691. The van der Waals surface area contributed by atoms with E-state index in [9.17, 15) is 4.79 Å².